The molecule has 0 heterocycles. The van der Waals surface area contributed by atoms with Crippen molar-refractivity contribution in [3.05, 3.63) is 29.3 Å². The number of alkyl halides is 12. The van der Waals surface area contributed by atoms with Crippen LogP contribution < -0.4 is 5.32 Å². The predicted octanol–water partition coefficient (Wildman–Crippen LogP) is 4.35. The van der Waals surface area contributed by atoms with Gasteiger partial charge < -0.3 is 15.5 Å². The van der Waals surface area contributed by atoms with Gasteiger partial charge in [0.25, 0.3) is 0 Å². The zero-order valence-corrected chi connectivity index (χ0v) is 12.9. The minimum Gasteiger partial charge on any atom is -0.390 e. The Kier molecular flexibility index (Phi) is 6.18. The first-order valence-corrected chi connectivity index (χ1v) is 6.76. The summed E-state index contributed by atoms with van der Waals surface area (Å²) < 4.78 is 155. The fourth-order valence-electron chi connectivity index (χ4n) is 1.80. The maximum Gasteiger partial charge on any atom is 0.416 e. The van der Waals surface area contributed by atoms with Gasteiger partial charge in [-0.05, 0) is 18.2 Å². The molecule has 1 atom stereocenters. The third kappa shape index (κ3) is 4.56. The number of rotatable bonds is 6. The number of aliphatic hydroxyl groups excluding tert-OH is 2. The van der Waals surface area contributed by atoms with Gasteiger partial charge in [-0.15, -0.1) is 0 Å². The molecule has 1 aromatic carbocycles. The molecule has 0 aromatic heterocycles. The van der Waals surface area contributed by atoms with E-state index in [2.05, 4.69) is 0 Å². The Morgan fingerprint density at radius 3 is 1.46 bits per heavy atom. The van der Waals surface area contributed by atoms with E-state index in [9.17, 15) is 52.7 Å². The molecule has 1 rings (SSSR count). The van der Waals surface area contributed by atoms with Crippen molar-refractivity contribution >= 4 is 5.69 Å². The molecule has 0 bridgehead atoms. The minimum absolute atomic E-state index is 0.239. The van der Waals surface area contributed by atoms with E-state index in [-0.39, 0.29) is 12.1 Å². The van der Waals surface area contributed by atoms with E-state index in [1.165, 1.54) is 0 Å². The van der Waals surface area contributed by atoms with Crippen molar-refractivity contribution in [1.82, 2.24) is 0 Å². The Bertz CT molecular complexity index is 665. The Balaban J connectivity index is 3.36. The second kappa shape index (κ2) is 7.17. The molecule has 0 aliphatic rings. The molecule has 0 fully saturated rings. The normalized spacial score (nSPS) is 15.5. The van der Waals surface area contributed by atoms with Crippen LogP contribution in [0.1, 0.15) is 11.1 Å². The molecule has 1 aromatic rings. The SMILES string of the molecule is OCC(F)(F)C(F)(F)C(F)(F)C(O)Nc1cc(C(F)(F)F)cc(C(F)(F)F)c1. The number of anilines is 1. The number of hydrogen-bond donors (Lipinski definition) is 3. The van der Waals surface area contributed by atoms with Gasteiger partial charge in [0, 0.05) is 5.69 Å². The van der Waals surface area contributed by atoms with E-state index in [1.54, 1.807) is 0 Å². The summed E-state index contributed by atoms with van der Waals surface area (Å²) in [6.07, 6.45) is -14.9. The highest BCUT2D eigenvalue weighted by Crippen LogP contribution is 2.47. The topological polar surface area (TPSA) is 52.5 Å². The largest absolute Gasteiger partial charge is 0.416 e. The number of benzene rings is 1. The zero-order valence-electron chi connectivity index (χ0n) is 12.9. The summed E-state index contributed by atoms with van der Waals surface area (Å²) >= 11 is 0. The summed E-state index contributed by atoms with van der Waals surface area (Å²) in [5.41, 5.74) is -5.65. The smallest absolute Gasteiger partial charge is 0.390 e. The van der Waals surface area contributed by atoms with Crippen LogP contribution in [-0.4, -0.2) is 40.8 Å². The van der Waals surface area contributed by atoms with Crippen LogP contribution in [0, 0.1) is 0 Å². The second-order valence-electron chi connectivity index (χ2n) is 5.40. The first kappa shape index (κ1) is 24.1. The zero-order chi connectivity index (χ0) is 22.3. The van der Waals surface area contributed by atoms with Crippen LogP contribution in [-0.2, 0) is 12.4 Å². The molecule has 3 nitrogen and oxygen atoms in total. The average Bonchev–Trinajstić information content (AvgIpc) is 2.52. The Labute approximate surface area is 147 Å². The lowest BCUT2D eigenvalue weighted by atomic mass is 10.0. The maximum absolute atomic E-state index is 13.5. The van der Waals surface area contributed by atoms with E-state index in [0.29, 0.717) is 0 Å². The Morgan fingerprint density at radius 1 is 0.750 bits per heavy atom. The van der Waals surface area contributed by atoms with E-state index in [0.717, 1.165) is 5.32 Å². The lowest BCUT2D eigenvalue weighted by Gasteiger charge is -2.34. The summed E-state index contributed by atoms with van der Waals surface area (Å²) in [7, 11) is 0. The first-order chi connectivity index (χ1) is 12.3. The standard InChI is InChI=1S/C13H9F12NO2/c14-9(15,4-27)13(24,25)10(16,17)8(28)26-7-2-5(11(18,19)20)1-6(3-7)12(21,22)23/h1-3,8,26-28H,4H2. The molecule has 1 unspecified atom stereocenters. The van der Waals surface area contributed by atoms with Gasteiger partial charge in [-0.3, -0.25) is 0 Å². The molecule has 15 heteroatoms. The molecule has 0 amide bonds. The van der Waals surface area contributed by atoms with Crippen LogP contribution in [0.3, 0.4) is 0 Å². The van der Waals surface area contributed by atoms with Crippen molar-refractivity contribution in [1.29, 1.82) is 0 Å². The Hall–Kier alpha value is -1.90. The average molecular weight is 439 g/mol. The highest BCUT2D eigenvalue weighted by Gasteiger charge is 2.74. The van der Waals surface area contributed by atoms with Gasteiger partial charge >= 0.3 is 30.1 Å². The van der Waals surface area contributed by atoms with Crippen molar-refractivity contribution in [2.24, 2.45) is 0 Å². The highest BCUT2D eigenvalue weighted by atomic mass is 19.4. The van der Waals surface area contributed by atoms with Crippen LogP contribution in [0.4, 0.5) is 58.4 Å². The number of aliphatic hydroxyl groups is 2. The molecular weight excluding hydrogens is 430 g/mol. The number of nitrogens with one attached hydrogen (secondary N) is 1. The van der Waals surface area contributed by atoms with E-state index >= 15 is 0 Å². The lowest BCUT2D eigenvalue weighted by Crippen LogP contribution is -2.62. The van der Waals surface area contributed by atoms with Crippen molar-refractivity contribution in [2.75, 3.05) is 11.9 Å². The number of halogens is 12. The van der Waals surface area contributed by atoms with Gasteiger partial charge in [0.2, 0.25) is 0 Å². The maximum atomic E-state index is 13.5. The van der Waals surface area contributed by atoms with Crippen LogP contribution in [0.5, 0.6) is 0 Å². The summed E-state index contributed by atoms with van der Waals surface area (Å²) in [6, 6.07) is -0.905. The third-order valence-electron chi connectivity index (χ3n) is 3.31. The van der Waals surface area contributed by atoms with Gasteiger partial charge in [0.05, 0.1) is 11.1 Å². The molecular formula is C13H9F12NO2. The third-order valence-corrected chi connectivity index (χ3v) is 3.31. The summed E-state index contributed by atoms with van der Waals surface area (Å²) in [6.45, 7) is -2.79. The molecule has 162 valence electrons. The van der Waals surface area contributed by atoms with Crippen LogP contribution >= 0.6 is 0 Å². The first-order valence-electron chi connectivity index (χ1n) is 6.76. The van der Waals surface area contributed by atoms with Gasteiger partial charge in [0.15, 0.2) is 6.23 Å². The Morgan fingerprint density at radius 2 is 1.14 bits per heavy atom. The number of hydrogen-bond acceptors (Lipinski definition) is 3. The molecule has 0 saturated heterocycles. The van der Waals surface area contributed by atoms with Gasteiger partial charge in [-0.2, -0.15) is 52.7 Å². The molecule has 0 radical (unpaired) electrons. The fraction of sp³-hybridized carbons (Fsp3) is 0.538. The quantitative estimate of drug-likeness (QED) is 0.457. The van der Waals surface area contributed by atoms with Crippen LogP contribution in [0.2, 0.25) is 0 Å². The molecule has 0 spiro atoms. The van der Waals surface area contributed by atoms with Crippen molar-refractivity contribution in [3.8, 4) is 0 Å². The molecule has 0 saturated carbocycles. The van der Waals surface area contributed by atoms with E-state index in [1.807, 2.05) is 0 Å². The second-order valence-corrected chi connectivity index (χ2v) is 5.40. The van der Waals surface area contributed by atoms with Gasteiger partial charge in [0.1, 0.15) is 6.61 Å². The molecule has 28 heavy (non-hydrogen) atoms. The highest BCUT2D eigenvalue weighted by molar-refractivity contribution is 5.51. The van der Waals surface area contributed by atoms with Crippen LogP contribution in [0.15, 0.2) is 18.2 Å². The monoisotopic (exact) mass is 439 g/mol. The molecule has 3 N–H and O–H groups in total. The van der Waals surface area contributed by atoms with Crippen LogP contribution in [0.25, 0.3) is 0 Å². The van der Waals surface area contributed by atoms with Gasteiger partial charge in [-0.1, -0.05) is 0 Å². The minimum atomic E-state index is -6.42. The summed E-state index contributed by atoms with van der Waals surface area (Å²) in [4.78, 5) is 0. The molecule has 0 aliphatic heterocycles. The molecule has 0 aliphatic carbocycles. The summed E-state index contributed by atoms with van der Waals surface area (Å²) in [5.74, 6) is -18.3. The predicted molar refractivity (Wildman–Crippen MR) is 68.0 cm³/mol. The van der Waals surface area contributed by atoms with Gasteiger partial charge in [-0.25, -0.2) is 0 Å². The van der Waals surface area contributed by atoms with E-state index in [4.69, 9.17) is 10.2 Å². The summed E-state index contributed by atoms with van der Waals surface area (Å²) in [5, 5.41) is 18.0. The van der Waals surface area contributed by atoms with Crippen molar-refractivity contribution in [3.63, 3.8) is 0 Å². The van der Waals surface area contributed by atoms with Crippen molar-refractivity contribution < 1.29 is 62.9 Å². The fourth-order valence-corrected chi connectivity index (χ4v) is 1.80. The van der Waals surface area contributed by atoms with E-state index < -0.39 is 65.8 Å². The van der Waals surface area contributed by atoms with Crippen molar-refractivity contribution in [2.45, 2.75) is 36.3 Å². The lowest BCUT2D eigenvalue weighted by molar-refractivity contribution is -0.334.